The van der Waals surface area contributed by atoms with E-state index in [1.165, 1.54) is 0 Å². The van der Waals surface area contributed by atoms with Gasteiger partial charge < -0.3 is 25.0 Å². The van der Waals surface area contributed by atoms with E-state index in [4.69, 9.17) is 9.47 Å². The minimum Gasteiger partial charge on any atom is -0.493 e. The Bertz CT molecular complexity index is 744. The minimum absolute atomic E-state index is 0.0445. The SMILES string of the molecule is COc1cc2c(cc1OC)C(CNC(=O)C1CCCC1)N(C(=O)NC(C)C)CC2. The van der Waals surface area contributed by atoms with E-state index >= 15 is 0 Å². The zero-order valence-corrected chi connectivity index (χ0v) is 17.9. The van der Waals surface area contributed by atoms with Crippen LogP contribution in [0.1, 0.15) is 56.7 Å². The van der Waals surface area contributed by atoms with Gasteiger partial charge in [0.25, 0.3) is 0 Å². The van der Waals surface area contributed by atoms with Crippen LogP contribution in [-0.4, -0.2) is 50.2 Å². The minimum atomic E-state index is -0.248. The molecule has 1 heterocycles. The fourth-order valence-electron chi connectivity index (χ4n) is 4.35. The lowest BCUT2D eigenvalue weighted by atomic mass is 9.91. The first-order chi connectivity index (χ1) is 13.9. The zero-order chi connectivity index (χ0) is 21.0. The van der Waals surface area contributed by atoms with Crippen LogP contribution in [0.15, 0.2) is 12.1 Å². The number of amides is 3. The largest absolute Gasteiger partial charge is 0.493 e. The average Bonchev–Trinajstić information content (AvgIpc) is 3.24. The summed E-state index contributed by atoms with van der Waals surface area (Å²) in [5.74, 6) is 1.50. The standard InChI is InChI=1S/C22H33N3O4/c1-14(2)24-22(27)25-10-9-16-11-19(28-3)20(29-4)12-17(16)18(25)13-23-21(26)15-7-5-6-8-15/h11-12,14-15,18H,5-10,13H2,1-4H3,(H,23,26)(H,24,27). The summed E-state index contributed by atoms with van der Waals surface area (Å²) in [6, 6.07) is 3.61. The number of urea groups is 1. The molecule has 29 heavy (non-hydrogen) atoms. The van der Waals surface area contributed by atoms with Gasteiger partial charge in [-0.05, 0) is 56.4 Å². The molecule has 1 fully saturated rings. The van der Waals surface area contributed by atoms with Gasteiger partial charge in [0.15, 0.2) is 11.5 Å². The molecule has 0 spiro atoms. The van der Waals surface area contributed by atoms with Gasteiger partial charge in [-0.15, -0.1) is 0 Å². The molecule has 1 aliphatic heterocycles. The Hall–Kier alpha value is -2.44. The Kier molecular flexibility index (Phi) is 6.87. The van der Waals surface area contributed by atoms with Crippen LogP contribution >= 0.6 is 0 Å². The van der Waals surface area contributed by atoms with Gasteiger partial charge in [0, 0.05) is 25.0 Å². The molecule has 7 heteroatoms. The highest BCUT2D eigenvalue weighted by atomic mass is 16.5. The summed E-state index contributed by atoms with van der Waals surface area (Å²) in [6.45, 7) is 4.87. The predicted molar refractivity (Wildman–Crippen MR) is 111 cm³/mol. The maximum Gasteiger partial charge on any atom is 0.318 e. The summed E-state index contributed by atoms with van der Waals surface area (Å²) >= 11 is 0. The lowest BCUT2D eigenvalue weighted by Crippen LogP contribution is -2.50. The number of fused-ring (bicyclic) bond motifs is 1. The Morgan fingerprint density at radius 1 is 1.14 bits per heavy atom. The zero-order valence-electron chi connectivity index (χ0n) is 17.9. The third kappa shape index (κ3) is 4.77. The third-order valence-electron chi connectivity index (χ3n) is 5.87. The molecule has 3 rings (SSSR count). The van der Waals surface area contributed by atoms with Crippen molar-refractivity contribution in [3.05, 3.63) is 23.3 Å². The fourth-order valence-corrected chi connectivity index (χ4v) is 4.35. The van der Waals surface area contributed by atoms with Crippen molar-refractivity contribution in [2.45, 2.75) is 58.0 Å². The maximum atomic E-state index is 12.9. The average molecular weight is 404 g/mol. The first-order valence-corrected chi connectivity index (χ1v) is 10.5. The summed E-state index contributed by atoms with van der Waals surface area (Å²) in [4.78, 5) is 27.3. The summed E-state index contributed by atoms with van der Waals surface area (Å²) in [5, 5.41) is 6.09. The summed E-state index contributed by atoms with van der Waals surface area (Å²) in [7, 11) is 3.22. The van der Waals surface area contributed by atoms with Gasteiger partial charge >= 0.3 is 6.03 Å². The number of benzene rings is 1. The van der Waals surface area contributed by atoms with Crippen LogP contribution in [0, 0.1) is 5.92 Å². The van der Waals surface area contributed by atoms with E-state index in [1.807, 2.05) is 30.9 Å². The monoisotopic (exact) mass is 403 g/mol. The molecule has 1 saturated carbocycles. The second-order valence-electron chi connectivity index (χ2n) is 8.20. The number of rotatable bonds is 6. The summed E-state index contributed by atoms with van der Waals surface area (Å²) in [6.07, 6.45) is 4.87. The Morgan fingerprint density at radius 3 is 2.41 bits per heavy atom. The van der Waals surface area contributed by atoms with Gasteiger partial charge in [0.1, 0.15) is 0 Å². The lowest BCUT2D eigenvalue weighted by molar-refractivity contribution is -0.125. The molecule has 0 aromatic heterocycles. The van der Waals surface area contributed by atoms with Crippen LogP contribution in [0.4, 0.5) is 4.79 Å². The second-order valence-corrected chi connectivity index (χ2v) is 8.20. The molecule has 0 radical (unpaired) electrons. The normalized spacial score (nSPS) is 19.1. The molecular weight excluding hydrogens is 370 g/mol. The third-order valence-corrected chi connectivity index (χ3v) is 5.87. The molecule has 0 saturated heterocycles. The number of methoxy groups -OCH3 is 2. The highest BCUT2D eigenvalue weighted by Gasteiger charge is 2.33. The fraction of sp³-hybridized carbons (Fsp3) is 0.636. The van der Waals surface area contributed by atoms with Crippen LogP contribution in [-0.2, 0) is 11.2 Å². The molecule has 1 aliphatic carbocycles. The van der Waals surface area contributed by atoms with Crippen molar-refractivity contribution in [2.24, 2.45) is 5.92 Å². The summed E-state index contributed by atoms with van der Waals surface area (Å²) in [5.41, 5.74) is 2.12. The predicted octanol–water partition coefficient (Wildman–Crippen LogP) is 3.03. The molecule has 160 valence electrons. The number of nitrogens with zero attached hydrogens (tertiary/aromatic N) is 1. The Labute approximate surface area is 173 Å². The van der Waals surface area contributed by atoms with E-state index in [9.17, 15) is 9.59 Å². The van der Waals surface area contributed by atoms with E-state index in [0.29, 0.717) is 24.6 Å². The van der Waals surface area contributed by atoms with Gasteiger partial charge in [-0.3, -0.25) is 4.79 Å². The number of ether oxygens (including phenoxy) is 2. The van der Waals surface area contributed by atoms with Crippen molar-refractivity contribution in [1.29, 1.82) is 0 Å². The lowest BCUT2D eigenvalue weighted by Gasteiger charge is -2.38. The van der Waals surface area contributed by atoms with Gasteiger partial charge in [-0.1, -0.05) is 12.8 Å². The molecule has 3 amide bonds. The molecule has 1 atom stereocenters. The summed E-state index contributed by atoms with van der Waals surface area (Å²) < 4.78 is 10.9. The molecule has 1 unspecified atom stereocenters. The Morgan fingerprint density at radius 2 is 1.79 bits per heavy atom. The molecule has 7 nitrogen and oxygen atoms in total. The van der Waals surface area contributed by atoms with Gasteiger partial charge in [-0.25, -0.2) is 4.79 Å². The van der Waals surface area contributed by atoms with Crippen molar-refractivity contribution in [3.63, 3.8) is 0 Å². The smallest absolute Gasteiger partial charge is 0.318 e. The van der Waals surface area contributed by atoms with Crippen LogP contribution in [0.25, 0.3) is 0 Å². The van der Waals surface area contributed by atoms with Crippen molar-refractivity contribution >= 4 is 11.9 Å². The number of carbonyl (C=O) groups excluding carboxylic acids is 2. The second kappa shape index (κ2) is 9.37. The topological polar surface area (TPSA) is 79.9 Å². The van der Waals surface area contributed by atoms with Crippen molar-refractivity contribution < 1.29 is 19.1 Å². The van der Waals surface area contributed by atoms with Gasteiger partial charge in [0.05, 0.1) is 20.3 Å². The maximum absolute atomic E-state index is 12.9. The highest BCUT2D eigenvalue weighted by molar-refractivity contribution is 5.79. The van der Waals surface area contributed by atoms with Crippen molar-refractivity contribution in [3.8, 4) is 11.5 Å². The van der Waals surface area contributed by atoms with Gasteiger partial charge in [0.2, 0.25) is 5.91 Å². The van der Waals surface area contributed by atoms with E-state index in [2.05, 4.69) is 10.6 Å². The van der Waals surface area contributed by atoms with E-state index in [0.717, 1.165) is 43.2 Å². The van der Waals surface area contributed by atoms with Gasteiger partial charge in [-0.2, -0.15) is 0 Å². The first kappa shape index (κ1) is 21.3. The molecule has 2 N–H and O–H groups in total. The number of hydrogen-bond donors (Lipinski definition) is 2. The first-order valence-electron chi connectivity index (χ1n) is 10.5. The van der Waals surface area contributed by atoms with Crippen molar-refractivity contribution in [1.82, 2.24) is 15.5 Å². The number of nitrogens with one attached hydrogen (secondary N) is 2. The van der Waals surface area contributed by atoms with Crippen molar-refractivity contribution in [2.75, 3.05) is 27.3 Å². The van der Waals surface area contributed by atoms with Crippen LogP contribution in [0.5, 0.6) is 11.5 Å². The van der Waals surface area contributed by atoms with E-state index in [1.54, 1.807) is 14.2 Å². The number of carbonyl (C=O) groups is 2. The molecule has 2 aliphatic rings. The van der Waals surface area contributed by atoms with E-state index in [-0.39, 0.29) is 29.9 Å². The molecule has 1 aromatic carbocycles. The molecule has 1 aromatic rings. The molecule has 0 bridgehead atoms. The van der Waals surface area contributed by atoms with Crippen LogP contribution < -0.4 is 20.1 Å². The van der Waals surface area contributed by atoms with Crippen LogP contribution in [0.2, 0.25) is 0 Å². The van der Waals surface area contributed by atoms with Crippen LogP contribution in [0.3, 0.4) is 0 Å². The molecular formula is C22H33N3O4. The quantitative estimate of drug-likeness (QED) is 0.765. The Balaban J connectivity index is 1.87. The highest BCUT2D eigenvalue weighted by Crippen LogP contribution is 2.38. The number of hydrogen-bond acceptors (Lipinski definition) is 4. The van der Waals surface area contributed by atoms with E-state index < -0.39 is 0 Å².